The Morgan fingerprint density at radius 1 is 1.11 bits per heavy atom. The van der Waals surface area contributed by atoms with Crippen molar-refractivity contribution < 1.29 is 19.0 Å². The maximum Gasteiger partial charge on any atom is 0.241 e. The number of nitrogens with zero attached hydrogens (tertiary/aromatic N) is 1. The second kappa shape index (κ2) is 8.39. The third kappa shape index (κ3) is 4.24. The molecule has 1 N–H and O–H groups in total. The van der Waals surface area contributed by atoms with E-state index in [4.69, 9.17) is 25.8 Å². The van der Waals surface area contributed by atoms with Gasteiger partial charge in [-0.15, -0.1) is 0 Å². The van der Waals surface area contributed by atoms with Gasteiger partial charge in [0.15, 0.2) is 11.5 Å². The number of hydrogen-bond donors (Lipinski definition) is 1. The largest absolute Gasteiger partial charge is 0.486 e. The van der Waals surface area contributed by atoms with Crippen LogP contribution in [0.2, 0.25) is 5.02 Å². The van der Waals surface area contributed by atoms with Crippen molar-refractivity contribution in [1.29, 1.82) is 0 Å². The van der Waals surface area contributed by atoms with Gasteiger partial charge < -0.3 is 19.5 Å². The van der Waals surface area contributed by atoms with Gasteiger partial charge in [0.25, 0.3) is 0 Å². The molecule has 2 aliphatic rings. The summed E-state index contributed by atoms with van der Waals surface area (Å²) < 4.78 is 17.0. The van der Waals surface area contributed by atoms with Crippen LogP contribution in [0, 0.1) is 0 Å². The van der Waals surface area contributed by atoms with Crippen molar-refractivity contribution in [2.75, 3.05) is 38.2 Å². The van der Waals surface area contributed by atoms with E-state index in [1.807, 2.05) is 43.3 Å². The van der Waals surface area contributed by atoms with Crippen molar-refractivity contribution in [2.45, 2.75) is 19.1 Å². The molecule has 0 saturated carbocycles. The lowest BCUT2D eigenvalue weighted by Gasteiger charge is -2.36. The topological polar surface area (TPSA) is 60.0 Å². The Morgan fingerprint density at radius 2 is 1.86 bits per heavy atom. The molecule has 0 unspecified atom stereocenters. The fourth-order valence-electron chi connectivity index (χ4n) is 3.43. The first kappa shape index (κ1) is 19.1. The van der Waals surface area contributed by atoms with E-state index in [-0.39, 0.29) is 18.1 Å². The van der Waals surface area contributed by atoms with Crippen molar-refractivity contribution in [1.82, 2.24) is 4.90 Å². The van der Waals surface area contributed by atoms with Gasteiger partial charge in [-0.25, -0.2) is 0 Å². The zero-order valence-electron chi connectivity index (χ0n) is 15.7. The maximum atomic E-state index is 12.8. The van der Waals surface area contributed by atoms with E-state index in [1.54, 1.807) is 6.07 Å². The molecule has 2 atom stereocenters. The third-order valence-electron chi connectivity index (χ3n) is 5.08. The van der Waals surface area contributed by atoms with E-state index in [9.17, 15) is 4.79 Å². The monoisotopic (exact) mass is 402 g/mol. The number of hydrogen-bond acceptors (Lipinski definition) is 5. The van der Waals surface area contributed by atoms with Crippen LogP contribution in [0.15, 0.2) is 42.5 Å². The quantitative estimate of drug-likeness (QED) is 0.848. The van der Waals surface area contributed by atoms with E-state index in [0.717, 1.165) is 5.56 Å². The molecule has 1 saturated heterocycles. The Morgan fingerprint density at radius 3 is 2.64 bits per heavy atom. The van der Waals surface area contributed by atoms with E-state index in [0.29, 0.717) is 55.1 Å². The predicted octanol–water partition coefficient (Wildman–Crippen LogP) is 3.51. The van der Waals surface area contributed by atoms with E-state index in [2.05, 4.69) is 10.2 Å². The minimum atomic E-state index is -0.285. The number of ether oxygens (including phenoxy) is 3. The zero-order valence-corrected chi connectivity index (χ0v) is 16.4. The smallest absolute Gasteiger partial charge is 0.241 e. The van der Waals surface area contributed by atoms with Gasteiger partial charge in [0.1, 0.15) is 13.2 Å². The van der Waals surface area contributed by atoms with E-state index in [1.165, 1.54) is 0 Å². The highest BCUT2D eigenvalue weighted by atomic mass is 35.5. The highest BCUT2D eigenvalue weighted by Gasteiger charge is 2.29. The number of rotatable bonds is 4. The van der Waals surface area contributed by atoms with Gasteiger partial charge in [-0.1, -0.05) is 23.7 Å². The molecule has 148 valence electrons. The van der Waals surface area contributed by atoms with Crippen LogP contribution in [0.4, 0.5) is 5.69 Å². The Labute approximate surface area is 169 Å². The van der Waals surface area contributed by atoms with Crippen LogP contribution in [0.25, 0.3) is 0 Å². The molecule has 6 nitrogen and oxygen atoms in total. The number of benzene rings is 2. The standard InChI is InChI=1S/C21H23ClN2O4/c1-14(21(25)23-17-6-7-18-19(12-17)28-11-10-27-18)24-8-9-26-20(13-24)15-2-4-16(22)5-3-15/h2-7,12,14,20H,8-11,13H2,1H3,(H,23,25)/t14-,20-/m0/s1. The number of amides is 1. The van der Waals surface area contributed by atoms with Crippen molar-refractivity contribution in [2.24, 2.45) is 0 Å². The lowest BCUT2D eigenvalue weighted by Crippen LogP contribution is -2.48. The highest BCUT2D eigenvalue weighted by Crippen LogP contribution is 2.33. The van der Waals surface area contributed by atoms with Crippen molar-refractivity contribution in [3.05, 3.63) is 53.1 Å². The fourth-order valence-corrected chi connectivity index (χ4v) is 3.56. The summed E-state index contributed by atoms with van der Waals surface area (Å²) in [6.45, 7) is 4.91. The van der Waals surface area contributed by atoms with Crippen LogP contribution in [0.3, 0.4) is 0 Å². The molecule has 2 aromatic carbocycles. The van der Waals surface area contributed by atoms with Crippen LogP contribution in [0.5, 0.6) is 11.5 Å². The molecule has 2 aromatic rings. The summed E-state index contributed by atoms with van der Waals surface area (Å²) in [5, 5.41) is 3.67. The highest BCUT2D eigenvalue weighted by molar-refractivity contribution is 6.30. The molecule has 4 rings (SSSR count). The first-order valence-corrected chi connectivity index (χ1v) is 9.79. The molecule has 28 heavy (non-hydrogen) atoms. The summed E-state index contributed by atoms with van der Waals surface area (Å²) >= 11 is 5.97. The summed E-state index contributed by atoms with van der Waals surface area (Å²) in [5.41, 5.74) is 1.76. The Kier molecular flexibility index (Phi) is 5.71. The second-order valence-electron chi connectivity index (χ2n) is 6.93. The molecule has 0 radical (unpaired) electrons. The molecular weight excluding hydrogens is 380 g/mol. The molecule has 0 aliphatic carbocycles. The number of nitrogens with one attached hydrogen (secondary N) is 1. The SMILES string of the molecule is C[C@@H](C(=O)Nc1ccc2c(c1)OCCO2)N1CCO[C@H](c2ccc(Cl)cc2)C1. The molecule has 0 spiro atoms. The van der Waals surface area contributed by atoms with E-state index >= 15 is 0 Å². The summed E-state index contributed by atoms with van der Waals surface area (Å²) in [6.07, 6.45) is -0.0736. The maximum absolute atomic E-state index is 12.8. The summed E-state index contributed by atoms with van der Waals surface area (Å²) in [6, 6.07) is 12.8. The average molecular weight is 403 g/mol. The van der Waals surface area contributed by atoms with Gasteiger partial charge in [-0.05, 0) is 36.8 Å². The Hall–Kier alpha value is -2.28. The minimum Gasteiger partial charge on any atom is -0.486 e. The lowest BCUT2D eigenvalue weighted by atomic mass is 10.1. The number of halogens is 1. The van der Waals surface area contributed by atoms with Crippen LogP contribution in [-0.4, -0.2) is 49.8 Å². The average Bonchev–Trinajstić information content (AvgIpc) is 2.73. The van der Waals surface area contributed by atoms with Crippen LogP contribution in [0.1, 0.15) is 18.6 Å². The number of fused-ring (bicyclic) bond motifs is 1. The first-order valence-electron chi connectivity index (χ1n) is 9.42. The molecule has 2 aliphatic heterocycles. The lowest BCUT2D eigenvalue weighted by molar-refractivity contribution is -0.124. The number of anilines is 1. The predicted molar refractivity (Wildman–Crippen MR) is 107 cm³/mol. The third-order valence-corrected chi connectivity index (χ3v) is 5.33. The summed E-state index contributed by atoms with van der Waals surface area (Å²) in [5.74, 6) is 1.30. The van der Waals surface area contributed by atoms with Crippen LogP contribution in [-0.2, 0) is 9.53 Å². The molecule has 0 bridgehead atoms. The van der Waals surface area contributed by atoms with Crippen molar-refractivity contribution >= 4 is 23.2 Å². The van der Waals surface area contributed by atoms with Gasteiger partial charge in [0.05, 0.1) is 18.8 Å². The fraction of sp³-hybridized carbons (Fsp3) is 0.381. The molecule has 0 aromatic heterocycles. The van der Waals surface area contributed by atoms with Gasteiger partial charge in [-0.2, -0.15) is 0 Å². The summed E-state index contributed by atoms with van der Waals surface area (Å²) in [7, 11) is 0. The zero-order chi connectivity index (χ0) is 19.5. The van der Waals surface area contributed by atoms with Crippen molar-refractivity contribution in [3.63, 3.8) is 0 Å². The Balaban J connectivity index is 1.39. The second-order valence-corrected chi connectivity index (χ2v) is 7.37. The Bertz CT molecular complexity index is 843. The first-order chi connectivity index (χ1) is 13.6. The number of morpholine rings is 1. The molecule has 2 heterocycles. The number of carbonyl (C=O) groups is 1. The van der Waals surface area contributed by atoms with Gasteiger partial charge in [0, 0.05) is 29.9 Å². The van der Waals surface area contributed by atoms with Gasteiger partial charge in [0.2, 0.25) is 5.91 Å². The van der Waals surface area contributed by atoms with E-state index < -0.39 is 0 Å². The normalized spacial score (nSPS) is 20.4. The molecule has 7 heteroatoms. The van der Waals surface area contributed by atoms with Crippen molar-refractivity contribution in [3.8, 4) is 11.5 Å². The van der Waals surface area contributed by atoms with Gasteiger partial charge in [-0.3, -0.25) is 9.69 Å². The van der Waals surface area contributed by atoms with Gasteiger partial charge >= 0.3 is 0 Å². The summed E-state index contributed by atoms with van der Waals surface area (Å²) in [4.78, 5) is 14.9. The number of carbonyl (C=O) groups excluding carboxylic acids is 1. The molecular formula is C21H23ClN2O4. The molecule has 1 fully saturated rings. The van der Waals surface area contributed by atoms with Crippen LogP contribution >= 0.6 is 11.6 Å². The van der Waals surface area contributed by atoms with Crippen LogP contribution < -0.4 is 14.8 Å². The minimum absolute atomic E-state index is 0.0616. The molecule has 1 amide bonds.